The first-order valence-electron chi connectivity index (χ1n) is 5.93. The maximum absolute atomic E-state index is 11.4. The summed E-state index contributed by atoms with van der Waals surface area (Å²) in [7, 11) is -3.18. The zero-order valence-electron chi connectivity index (χ0n) is 10.6. The highest BCUT2D eigenvalue weighted by Crippen LogP contribution is 2.16. The van der Waals surface area contributed by atoms with Crippen molar-refractivity contribution in [2.45, 2.75) is 13.5 Å². The van der Waals surface area contributed by atoms with Gasteiger partial charge in [0.15, 0.2) is 0 Å². The third-order valence-electron chi connectivity index (χ3n) is 2.68. The minimum atomic E-state index is -3.18. The molecule has 0 aliphatic carbocycles. The predicted octanol–water partition coefficient (Wildman–Crippen LogP) is 1.58. The Balaban J connectivity index is 2.17. The van der Waals surface area contributed by atoms with Crippen LogP contribution in [-0.4, -0.2) is 24.1 Å². The van der Waals surface area contributed by atoms with Crippen molar-refractivity contribution in [2.75, 3.05) is 5.75 Å². The normalized spacial score (nSPS) is 11.4. The van der Waals surface area contributed by atoms with Crippen molar-refractivity contribution in [1.29, 1.82) is 0 Å². The van der Waals surface area contributed by atoms with Gasteiger partial charge in [-0.2, -0.15) is 0 Å². The first-order valence-corrected chi connectivity index (χ1v) is 7.58. The van der Waals surface area contributed by atoms with Crippen LogP contribution in [0.5, 0.6) is 0 Å². The lowest BCUT2D eigenvalue weighted by Gasteiger charge is -2.06. The van der Waals surface area contributed by atoms with Crippen molar-refractivity contribution >= 4 is 10.0 Å². The fraction of sp³-hybridized carbons (Fsp3) is 0.231. The first-order chi connectivity index (χ1) is 9.11. The molecule has 2 aromatic heterocycles. The van der Waals surface area contributed by atoms with E-state index >= 15 is 0 Å². The predicted molar refractivity (Wildman–Crippen MR) is 73.8 cm³/mol. The van der Waals surface area contributed by atoms with E-state index in [1.165, 1.54) is 0 Å². The average molecular weight is 277 g/mol. The topological polar surface area (TPSA) is 72.0 Å². The molecular formula is C13H15N3O2S. The molecule has 1 N–H and O–H groups in total. The van der Waals surface area contributed by atoms with Crippen LogP contribution in [0.25, 0.3) is 11.3 Å². The molecule has 0 atom stereocenters. The number of sulfonamides is 1. The summed E-state index contributed by atoms with van der Waals surface area (Å²) in [5.41, 5.74) is 2.63. The summed E-state index contributed by atoms with van der Waals surface area (Å²) in [6.45, 7) is 1.88. The number of aromatic nitrogens is 2. The van der Waals surface area contributed by atoms with Crippen molar-refractivity contribution in [3.05, 3.63) is 48.4 Å². The minimum Gasteiger partial charge on any atom is -0.265 e. The highest BCUT2D eigenvalue weighted by atomic mass is 32.2. The summed E-state index contributed by atoms with van der Waals surface area (Å²) in [5, 5.41) is 0. The Morgan fingerprint density at radius 2 is 1.89 bits per heavy atom. The molecule has 0 fully saturated rings. The summed E-state index contributed by atoms with van der Waals surface area (Å²) in [5.74, 6) is 0.0787. The molecule has 6 heteroatoms. The molecule has 2 rings (SSSR count). The van der Waals surface area contributed by atoms with Crippen LogP contribution in [0.15, 0.2) is 42.9 Å². The van der Waals surface area contributed by atoms with Gasteiger partial charge in [-0.3, -0.25) is 9.97 Å². The molecule has 0 saturated carbocycles. The number of nitrogens with one attached hydrogen (secondary N) is 1. The fourth-order valence-corrected chi connectivity index (χ4v) is 2.15. The van der Waals surface area contributed by atoms with E-state index in [9.17, 15) is 8.42 Å². The van der Waals surface area contributed by atoms with E-state index in [-0.39, 0.29) is 12.3 Å². The number of nitrogens with zero attached hydrogens (tertiary/aromatic N) is 2. The third-order valence-corrected chi connectivity index (χ3v) is 4.02. The molecule has 0 amide bonds. The van der Waals surface area contributed by atoms with Crippen LogP contribution in [0.4, 0.5) is 0 Å². The van der Waals surface area contributed by atoms with Gasteiger partial charge in [-0.1, -0.05) is 0 Å². The Labute approximate surface area is 112 Å². The number of hydrogen-bond donors (Lipinski definition) is 1. The third kappa shape index (κ3) is 3.84. The van der Waals surface area contributed by atoms with E-state index in [4.69, 9.17) is 0 Å². The largest absolute Gasteiger partial charge is 0.265 e. The standard InChI is InChI=1S/C13H15N3O2S/c1-2-19(17,18)16-10-11-3-8-15-13(9-11)12-4-6-14-7-5-12/h3-9,16H,2,10H2,1H3. The van der Waals surface area contributed by atoms with E-state index in [1.54, 1.807) is 31.6 Å². The second-order valence-corrected chi connectivity index (χ2v) is 6.11. The molecule has 0 spiro atoms. The molecule has 0 aliphatic heterocycles. The summed E-state index contributed by atoms with van der Waals surface area (Å²) in [6, 6.07) is 7.39. The van der Waals surface area contributed by atoms with Crippen molar-refractivity contribution < 1.29 is 8.42 Å². The molecule has 0 unspecified atom stereocenters. The maximum Gasteiger partial charge on any atom is 0.211 e. The SMILES string of the molecule is CCS(=O)(=O)NCc1ccnc(-c2ccncc2)c1. The fourth-order valence-electron chi connectivity index (χ4n) is 1.56. The van der Waals surface area contributed by atoms with Gasteiger partial charge in [0, 0.05) is 30.7 Å². The van der Waals surface area contributed by atoms with Crippen molar-refractivity contribution in [3.63, 3.8) is 0 Å². The average Bonchev–Trinajstić information content (AvgIpc) is 2.47. The van der Waals surface area contributed by atoms with E-state index in [0.717, 1.165) is 16.8 Å². The van der Waals surface area contributed by atoms with Gasteiger partial charge in [-0.25, -0.2) is 13.1 Å². The molecule has 2 heterocycles. The highest BCUT2D eigenvalue weighted by molar-refractivity contribution is 7.89. The first kappa shape index (κ1) is 13.6. The molecule has 2 aromatic rings. The van der Waals surface area contributed by atoms with Gasteiger partial charge in [0.2, 0.25) is 10.0 Å². The van der Waals surface area contributed by atoms with Crippen LogP contribution in [0, 0.1) is 0 Å². The quantitative estimate of drug-likeness (QED) is 0.900. The lowest BCUT2D eigenvalue weighted by molar-refractivity contribution is 0.582. The maximum atomic E-state index is 11.4. The van der Waals surface area contributed by atoms with Crippen molar-refractivity contribution in [3.8, 4) is 11.3 Å². The van der Waals surface area contributed by atoms with Gasteiger partial charge in [-0.15, -0.1) is 0 Å². The van der Waals surface area contributed by atoms with E-state index < -0.39 is 10.0 Å². The molecule has 0 aliphatic rings. The van der Waals surface area contributed by atoms with E-state index in [1.807, 2.05) is 18.2 Å². The van der Waals surface area contributed by atoms with Crippen molar-refractivity contribution in [2.24, 2.45) is 0 Å². The molecule has 100 valence electrons. The number of rotatable bonds is 5. The Bertz CT molecular complexity index is 642. The molecule has 5 nitrogen and oxygen atoms in total. The minimum absolute atomic E-state index is 0.0787. The Hall–Kier alpha value is -1.79. The summed E-state index contributed by atoms with van der Waals surface area (Å²) < 4.78 is 25.3. The van der Waals surface area contributed by atoms with Gasteiger partial charge in [0.25, 0.3) is 0 Å². The second-order valence-electron chi connectivity index (χ2n) is 4.01. The molecule has 0 radical (unpaired) electrons. The van der Waals surface area contributed by atoms with Crippen molar-refractivity contribution in [1.82, 2.24) is 14.7 Å². The Morgan fingerprint density at radius 3 is 2.58 bits per heavy atom. The van der Waals surface area contributed by atoms with Crippen LogP contribution in [-0.2, 0) is 16.6 Å². The second kappa shape index (κ2) is 5.90. The smallest absolute Gasteiger partial charge is 0.211 e. The zero-order chi connectivity index (χ0) is 13.7. The molecule has 0 bridgehead atoms. The van der Waals surface area contributed by atoms with Crippen LogP contribution < -0.4 is 4.72 Å². The Kier molecular flexibility index (Phi) is 4.24. The van der Waals surface area contributed by atoms with Crippen LogP contribution in [0.2, 0.25) is 0 Å². The summed E-state index contributed by atoms with van der Waals surface area (Å²) in [6.07, 6.45) is 5.07. The van der Waals surface area contributed by atoms with Gasteiger partial charge in [0.1, 0.15) is 0 Å². The van der Waals surface area contributed by atoms with Gasteiger partial charge in [0.05, 0.1) is 11.4 Å². The van der Waals surface area contributed by atoms with Gasteiger partial charge >= 0.3 is 0 Å². The lowest BCUT2D eigenvalue weighted by atomic mass is 10.1. The van der Waals surface area contributed by atoms with Crippen LogP contribution >= 0.6 is 0 Å². The molecule has 19 heavy (non-hydrogen) atoms. The van der Waals surface area contributed by atoms with E-state index in [0.29, 0.717) is 0 Å². The Morgan fingerprint density at radius 1 is 1.16 bits per heavy atom. The number of pyridine rings is 2. The summed E-state index contributed by atoms with van der Waals surface area (Å²) >= 11 is 0. The molecule has 0 saturated heterocycles. The van der Waals surface area contributed by atoms with E-state index in [2.05, 4.69) is 14.7 Å². The van der Waals surface area contributed by atoms with Crippen LogP contribution in [0.1, 0.15) is 12.5 Å². The zero-order valence-corrected chi connectivity index (χ0v) is 11.4. The summed E-state index contributed by atoms with van der Waals surface area (Å²) in [4.78, 5) is 8.22. The monoisotopic (exact) mass is 277 g/mol. The lowest BCUT2D eigenvalue weighted by Crippen LogP contribution is -2.24. The van der Waals surface area contributed by atoms with Gasteiger partial charge in [-0.05, 0) is 36.8 Å². The van der Waals surface area contributed by atoms with Gasteiger partial charge < -0.3 is 0 Å². The molecular weight excluding hydrogens is 262 g/mol. The number of hydrogen-bond acceptors (Lipinski definition) is 4. The highest BCUT2D eigenvalue weighted by Gasteiger charge is 2.06. The molecule has 0 aromatic carbocycles. The van der Waals surface area contributed by atoms with Crippen LogP contribution in [0.3, 0.4) is 0 Å².